The molecule has 0 aliphatic rings. The van der Waals surface area contributed by atoms with Gasteiger partial charge in [0.2, 0.25) is 0 Å². The Hall–Kier alpha value is -5.06. The lowest BCUT2D eigenvalue weighted by molar-refractivity contribution is 0.0961. The molecule has 0 atom stereocenters. The van der Waals surface area contributed by atoms with Crippen LogP contribution in [-0.4, -0.2) is 42.6 Å². The number of benzene rings is 2. The van der Waals surface area contributed by atoms with Crippen molar-refractivity contribution >= 4 is 23.1 Å². The quantitative estimate of drug-likeness (QED) is 0.386. The number of rotatable bonds is 5. The maximum Gasteiger partial charge on any atom is 0.350 e. The van der Waals surface area contributed by atoms with Gasteiger partial charge in [0.1, 0.15) is 17.2 Å². The largest absolute Gasteiger partial charge is 0.355 e. The van der Waals surface area contributed by atoms with Crippen molar-refractivity contribution in [3.8, 4) is 16.9 Å². The molecular formula is C26H22FN7O3. The fourth-order valence-electron chi connectivity index (χ4n) is 4.13. The Morgan fingerprint density at radius 2 is 1.76 bits per heavy atom. The number of fused-ring (bicyclic) bond motifs is 1. The molecule has 3 heterocycles. The second-order valence-corrected chi connectivity index (χ2v) is 8.33. The minimum Gasteiger partial charge on any atom is -0.355 e. The molecule has 0 aliphatic heterocycles. The average molecular weight is 500 g/mol. The molecule has 2 N–H and O–H groups in total. The van der Waals surface area contributed by atoms with E-state index in [0.717, 1.165) is 0 Å². The molecule has 11 heteroatoms. The zero-order chi connectivity index (χ0) is 26.3. The summed E-state index contributed by atoms with van der Waals surface area (Å²) in [6.45, 7) is 1.74. The van der Waals surface area contributed by atoms with Crippen LogP contribution < -0.4 is 16.3 Å². The number of pyridine rings is 1. The van der Waals surface area contributed by atoms with E-state index in [2.05, 4.69) is 20.7 Å². The summed E-state index contributed by atoms with van der Waals surface area (Å²) >= 11 is 0. The lowest BCUT2D eigenvalue weighted by atomic mass is 10.1. The fraction of sp³-hybridized carbons (Fsp3) is 0.115. The highest BCUT2D eigenvalue weighted by molar-refractivity contribution is 6.04. The topological polar surface area (TPSA) is 115 Å². The highest BCUT2D eigenvalue weighted by Gasteiger charge is 2.19. The SMILES string of the molecule is CNC(=O)c1cccc(NC(=O)c2c(F)ccc3nc(-c4ccc(-n5c(C)nn(C)c5=O)cc4)cn23)c1. The second-order valence-electron chi connectivity index (χ2n) is 8.33. The van der Waals surface area contributed by atoms with E-state index in [-0.39, 0.29) is 17.3 Å². The van der Waals surface area contributed by atoms with E-state index in [4.69, 9.17) is 0 Å². The van der Waals surface area contributed by atoms with Gasteiger partial charge in [-0.05, 0) is 49.4 Å². The minimum absolute atomic E-state index is 0.226. The van der Waals surface area contributed by atoms with Crippen LogP contribution in [0, 0.1) is 12.7 Å². The van der Waals surface area contributed by atoms with Gasteiger partial charge < -0.3 is 10.6 Å². The Balaban J connectivity index is 1.48. The van der Waals surface area contributed by atoms with Crippen molar-refractivity contribution in [3.63, 3.8) is 0 Å². The van der Waals surface area contributed by atoms with Gasteiger partial charge in [0.25, 0.3) is 11.8 Å². The third kappa shape index (κ3) is 4.27. The number of aromatic nitrogens is 5. The molecule has 5 rings (SSSR count). The van der Waals surface area contributed by atoms with Crippen molar-refractivity contribution < 1.29 is 14.0 Å². The first kappa shape index (κ1) is 23.7. The summed E-state index contributed by atoms with van der Waals surface area (Å²) < 4.78 is 19.0. The first-order valence-corrected chi connectivity index (χ1v) is 11.3. The first-order valence-electron chi connectivity index (χ1n) is 11.3. The molecule has 2 amide bonds. The fourth-order valence-corrected chi connectivity index (χ4v) is 4.13. The summed E-state index contributed by atoms with van der Waals surface area (Å²) in [4.78, 5) is 41.9. The van der Waals surface area contributed by atoms with Crippen LogP contribution in [0.4, 0.5) is 10.1 Å². The molecule has 186 valence electrons. The molecule has 0 aliphatic carbocycles. The molecule has 0 unspecified atom stereocenters. The number of halogens is 1. The van der Waals surface area contributed by atoms with Gasteiger partial charge in [-0.15, -0.1) is 0 Å². The molecule has 0 saturated carbocycles. The number of aryl methyl sites for hydroxylation is 2. The zero-order valence-corrected chi connectivity index (χ0v) is 20.2. The Morgan fingerprint density at radius 1 is 1.00 bits per heavy atom. The Labute approximate surface area is 210 Å². The van der Waals surface area contributed by atoms with Crippen LogP contribution in [0.25, 0.3) is 22.6 Å². The van der Waals surface area contributed by atoms with Crippen molar-refractivity contribution in [2.75, 3.05) is 12.4 Å². The summed E-state index contributed by atoms with van der Waals surface area (Å²) in [5.74, 6) is -1.17. The lowest BCUT2D eigenvalue weighted by Gasteiger charge is -2.09. The van der Waals surface area contributed by atoms with Crippen LogP contribution >= 0.6 is 0 Å². The summed E-state index contributed by atoms with van der Waals surface area (Å²) in [5.41, 5.74) is 2.48. The van der Waals surface area contributed by atoms with Gasteiger partial charge >= 0.3 is 5.69 Å². The number of imidazole rings is 1. The number of carbonyl (C=O) groups is 2. The average Bonchev–Trinajstić information content (AvgIpc) is 3.43. The van der Waals surface area contributed by atoms with Gasteiger partial charge in [-0.25, -0.2) is 23.4 Å². The number of nitrogens with one attached hydrogen (secondary N) is 2. The number of hydrogen-bond acceptors (Lipinski definition) is 5. The van der Waals surface area contributed by atoms with E-state index in [9.17, 15) is 18.8 Å². The van der Waals surface area contributed by atoms with Crippen molar-refractivity contribution in [1.82, 2.24) is 29.0 Å². The van der Waals surface area contributed by atoms with Crippen LogP contribution in [0.15, 0.2) is 71.7 Å². The molecule has 0 spiro atoms. The number of carbonyl (C=O) groups excluding carboxylic acids is 2. The van der Waals surface area contributed by atoms with Crippen LogP contribution in [0.1, 0.15) is 26.7 Å². The number of hydrogen-bond donors (Lipinski definition) is 2. The van der Waals surface area contributed by atoms with E-state index in [0.29, 0.717) is 39.7 Å². The normalized spacial score (nSPS) is 11.0. The molecule has 37 heavy (non-hydrogen) atoms. The molecule has 0 fully saturated rings. The van der Waals surface area contributed by atoms with Gasteiger partial charge in [-0.2, -0.15) is 5.10 Å². The molecule has 0 bridgehead atoms. The van der Waals surface area contributed by atoms with Crippen LogP contribution in [0.5, 0.6) is 0 Å². The van der Waals surface area contributed by atoms with Gasteiger partial charge in [-0.3, -0.25) is 14.0 Å². The van der Waals surface area contributed by atoms with Gasteiger partial charge in [0.15, 0.2) is 5.82 Å². The maximum absolute atomic E-state index is 14.9. The van der Waals surface area contributed by atoms with Crippen molar-refractivity contribution in [2.45, 2.75) is 6.92 Å². The number of nitrogens with zero attached hydrogens (tertiary/aromatic N) is 5. The van der Waals surface area contributed by atoms with Crippen molar-refractivity contribution in [1.29, 1.82) is 0 Å². The molecule has 0 saturated heterocycles. The highest BCUT2D eigenvalue weighted by Crippen LogP contribution is 2.23. The Bertz CT molecular complexity index is 1730. The van der Waals surface area contributed by atoms with Crippen LogP contribution in [0.3, 0.4) is 0 Å². The van der Waals surface area contributed by atoms with E-state index < -0.39 is 11.7 Å². The summed E-state index contributed by atoms with van der Waals surface area (Å²) in [6.07, 6.45) is 1.57. The van der Waals surface area contributed by atoms with Gasteiger partial charge in [0.05, 0.1) is 11.4 Å². The highest BCUT2D eigenvalue weighted by atomic mass is 19.1. The third-order valence-electron chi connectivity index (χ3n) is 5.91. The second kappa shape index (κ2) is 9.19. The summed E-state index contributed by atoms with van der Waals surface area (Å²) in [6, 6.07) is 16.1. The third-order valence-corrected chi connectivity index (χ3v) is 5.91. The van der Waals surface area contributed by atoms with E-state index >= 15 is 0 Å². The van der Waals surface area contributed by atoms with Gasteiger partial charge in [0, 0.05) is 37.1 Å². The smallest absolute Gasteiger partial charge is 0.350 e. The summed E-state index contributed by atoms with van der Waals surface area (Å²) in [7, 11) is 3.09. The number of anilines is 1. The summed E-state index contributed by atoms with van der Waals surface area (Å²) in [5, 5.41) is 9.31. The Kier molecular flexibility index (Phi) is 5.88. The van der Waals surface area contributed by atoms with Crippen LogP contribution in [0.2, 0.25) is 0 Å². The van der Waals surface area contributed by atoms with Crippen molar-refractivity contribution in [2.24, 2.45) is 7.05 Å². The Morgan fingerprint density at radius 3 is 2.43 bits per heavy atom. The van der Waals surface area contributed by atoms with Gasteiger partial charge in [-0.1, -0.05) is 18.2 Å². The first-order chi connectivity index (χ1) is 17.8. The molecular weight excluding hydrogens is 477 g/mol. The van der Waals surface area contributed by atoms with E-state index in [1.807, 2.05) is 0 Å². The number of amides is 2. The molecule has 2 aromatic carbocycles. The predicted molar refractivity (Wildman–Crippen MR) is 135 cm³/mol. The molecule has 3 aromatic heterocycles. The molecule has 0 radical (unpaired) electrons. The lowest BCUT2D eigenvalue weighted by Crippen LogP contribution is -2.21. The van der Waals surface area contributed by atoms with E-state index in [1.165, 1.54) is 38.9 Å². The zero-order valence-electron chi connectivity index (χ0n) is 20.2. The van der Waals surface area contributed by atoms with E-state index in [1.54, 1.807) is 62.6 Å². The molecule has 10 nitrogen and oxygen atoms in total. The predicted octanol–water partition coefficient (Wildman–Crippen LogP) is 2.95. The van der Waals surface area contributed by atoms with Crippen molar-refractivity contribution in [3.05, 3.63) is 100 Å². The monoisotopic (exact) mass is 499 g/mol. The van der Waals surface area contributed by atoms with Crippen LogP contribution in [-0.2, 0) is 7.05 Å². The maximum atomic E-state index is 14.9. The molecule has 5 aromatic rings. The standard InChI is InChI=1S/C26H22FN7O3/c1-15-31-32(3)26(37)34(15)19-9-7-16(8-10-19)21-14-33-22(30-21)12-11-20(27)23(33)25(36)29-18-6-4-5-17(13-18)24(35)28-2/h4-14H,1-3H3,(H,28,35)(H,29,36). The minimum atomic E-state index is -0.724.